The summed E-state index contributed by atoms with van der Waals surface area (Å²) in [7, 11) is 1.66. The number of likely N-dealkylation sites (N-methyl/N-ethyl adjacent to an activating group) is 1. The van der Waals surface area contributed by atoms with Crippen molar-refractivity contribution in [3.05, 3.63) is 29.8 Å². The van der Waals surface area contributed by atoms with Crippen LogP contribution in [0.2, 0.25) is 0 Å². The fourth-order valence-electron chi connectivity index (χ4n) is 1.69. The molecule has 2 N–H and O–H groups in total. The van der Waals surface area contributed by atoms with Gasteiger partial charge in [0.05, 0.1) is 12.7 Å². The van der Waals surface area contributed by atoms with Crippen LogP contribution in [-0.2, 0) is 6.42 Å². The van der Waals surface area contributed by atoms with E-state index in [4.69, 9.17) is 4.74 Å². The van der Waals surface area contributed by atoms with Gasteiger partial charge in [0.2, 0.25) is 0 Å². The summed E-state index contributed by atoms with van der Waals surface area (Å²) in [5.74, 6) is 0.869. The monoisotopic (exact) mass is 237 g/mol. The highest BCUT2D eigenvalue weighted by atomic mass is 16.5. The van der Waals surface area contributed by atoms with Gasteiger partial charge in [-0.15, -0.1) is 0 Å². The summed E-state index contributed by atoms with van der Waals surface area (Å²) in [5, 5.41) is 13.3. The third-order valence-corrected chi connectivity index (χ3v) is 2.87. The van der Waals surface area contributed by atoms with Crippen molar-refractivity contribution in [2.75, 3.05) is 20.2 Å². The number of methoxy groups -OCH3 is 1. The smallest absolute Gasteiger partial charge is 0.118 e. The van der Waals surface area contributed by atoms with Crippen LogP contribution in [0.15, 0.2) is 24.3 Å². The number of aryl methyl sites for hydroxylation is 1. The first-order valence-electron chi connectivity index (χ1n) is 6.13. The molecule has 1 rings (SSSR count). The van der Waals surface area contributed by atoms with Gasteiger partial charge in [-0.3, -0.25) is 0 Å². The number of nitrogens with one attached hydrogen (secondary N) is 1. The molecule has 0 aliphatic heterocycles. The van der Waals surface area contributed by atoms with Crippen LogP contribution in [0.1, 0.15) is 25.8 Å². The summed E-state index contributed by atoms with van der Waals surface area (Å²) in [6, 6.07) is 7.99. The number of rotatable bonds is 7. The van der Waals surface area contributed by atoms with Gasteiger partial charge in [0.15, 0.2) is 0 Å². The van der Waals surface area contributed by atoms with Crippen molar-refractivity contribution in [3.8, 4) is 5.75 Å². The number of hydrogen-bond acceptors (Lipinski definition) is 3. The first-order valence-corrected chi connectivity index (χ1v) is 6.13. The lowest BCUT2D eigenvalue weighted by atomic mass is 9.97. The van der Waals surface area contributed by atoms with Crippen LogP contribution in [0.3, 0.4) is 0 Å². The largest absolute Gasteiger partial charge is 0.497 e. The van der Waals surface area contributed by atoms with E-state index in [2.05, 4.69) is 5.32 Å². The molecule has 3 nitrogen and oxygen atoms in total. The summed E-state index contributed by atoms with van der Waals surface area (Å²) in [6.45, 7) is 5.44. The lowest BCUT2D eigenvalue weighted by Gasteiger charge is -2.23. The molecule has 1 unspecified atom stereocenters. The SMILES string of the molecule is CCNCC(C)(O)CCc1ccc(OC)cc1. The Morgan fingerprint density at radius 1 is 1.29 bits per heavy atom. The highest BCUT2D eigenvalue weighted by Gasteiger charge is 2.18. The van der Waals surface area contributed by atoms with E-state index in [1.54, 1.807) is 7.11 Å². The number of hydrogen-bond donors (Lipinski definition) is 2. The van der Waals surface area contributed by atoms with Crippen molar-refractivity contribution in [3.63, 3.8) is 0 Å². The quantitative estimate of drug-likeness (QED) is 0.762. The molecule has 1 atom stereocenters. The van der Waals surface area contributed by atoms with E-state index in [0.717, 1.165) is 25.1 Å². The van der Waals surface area contributed by atoms with E-state index in [9.17, 15) is 5.11 Å². The standard InChI is InChI=1S/C14H23NO2/c1-4-15-11-14(2,16)10-9-12-5-7-13(17-3)8-6-12/h5-8,15-16H,4,9-11H2,1-3H3. The molecule has 0 saturated carbocycles. The zero-order valence-electron chi connectivity index (χ0n) is 11.0. The third kappa shape index (κ3) is 5.20. The molecule has 1 aromatic carbocycles. The average molecular weight is 237 g/mol. The fraction of sp³-hybridized carbons (Fsp3) is 0.571. The van der Waals surface area contributed by atoms with Gasteiger partial charge >= 0.3 is 0 Å². The minimum atomic E-state index is -0.643. The molecular weight excluding hydrogens is 214 g/mol. The molecule has 0 amide bonds. The normalized spacial score (nSPS) is 14.4. The van der Waals surface area contributed by atoms with E-state index < -0.39 is 5.60 Å². The molecule has 0 bridgehead atoms. The summed E-state index contributed by atoms with van der Waals surface area (Å²) >= 11 is 0. The van der Waals surface area contributed by atoms with Crippen LogP contribution >= 0.6 is 0 Å². The Kier molecular flexibility index (Phi) is 5.45. The predicted octanol–water partition coefficient (Wildman–Crippen LogP) is 1.99. The topological polar surface area (TPSA) is 41.5 Å². The summed E-state index contributed by atoms with van der Waals surface area (Å²) < 4.78 is 5.11. The first kappa shape index (κ1) is 14.0. The van der Waals surface area contributed by atoms with E-state index in [1.807, 2.05) is 38.1 Å². The maximum absolute atomic E-state index is 10.1. The molecule has 0 radical (unpaired) electrons. The fourth-order valence-corrected chi connectivity index (χ4v) is 1.69. The first-order chi connectivity index (χ1) is 8.07. The van der Waals surface area contributed by atoms with Crippen LogP contribution < -0.4 is 10.1 Å². The predicted molar refractivity (Wildman–Crippen MR) is 70.5 cm³/mol. The Bertz CT molecular complexity index is 319. The van der Waals surface area contributed by atoms with Crippen LogP contribution in [0, 0.1) is 0 Å². The van der Waals surface area contributed by atoms with E-state index in [1.165, 1.54) is 5.56 Å². The lowest BCUT2D eigenvalue weighted by molar-refractivity contribution is 0.0517. The van der Waals surface area contributed by atoms with Crippen molar-refractivity contribution >= 4 is 0 Å². The van der Waals surface area contributed by atoms with Gasteiger partial charge in [-0.1, -0.05) is 19.1 Å². The van der Waals surface area contributed by atoms with Crippen LogP contribution in [0.25, 0.3) is 0 Å². The Morgan fingerprint density at radius 3 is 2.47 bits per heavy atom. The maximum atomic E-state index is 10.1. The number of aliphatic hydroxyl groups is 1. The molecule has 0 saturated heterocycles. The average Bonchev–Trinajstić information content (AvgIpc) is 2.35. The maximum Gasteiger partial charge on any atom is 0.118 e. The zero-order chi connectivity index (χ0) is 12.7. The molecule has 0 aromatic heterocycles. The molecule has 0 fully saturated rings. The molecular formula is C14H23NO2. The molecule has 0 spiro atoms. The second-order valence-corrected chi connectivity index (χ2v) is 4.63. The Morgan fingerprint density at radius 2 is 1.94 bits per heavy atom. The van der Waals surface area contributed by atoms with Crippen molar-refractivity contribution in [2.24, 2.45) is 0 Å². The van der Waals surface area contributed by atoms with Crippen LogP contribution in [0.4, 0.5) is 0 Å². The van der Waals surface area contributed by atoms with Gasteiger partial charge in [0.1, 0.15) is 5.75 Å². The second-order valence-electron chi connectivity index (χ2n) is 4.63. The summed E-state index contributed by atoms with van der Waals surface area (Å²) in [4.78, 5) is 0. The minimum Gasteiger partial charge on any atom is -0.497 e. The zero-order valence-corrected chi connectivity index (χ0v) is 11.0. The van der Waals surface area contributed by atoms with Gasteiger partial charge < -0.3 is 15.2 Å². The van der Waals surface area contributed by atoms with Crippen LogP contribution in [-0.4, -0.2) is 30.9 Å². The van der Waals surface area contributed by atoms with Crippen LogP contribution in [0.5, 0.6) is 5.75 Å². The Balaban J connectivity index is 2.43. The highest BCUT2D eigenvalue weighted by Crippen LogP contribution is 2.16. The highest BCUT2D eigenvalue weighted by molar-refractivity contribution is 5.27. The molecule has 0 aliphatic carbocycles. The van der Waals surface area contributed by atoms with E-state index in [0.29, 0.717) is 6.54 Å². The van der Waals surface area contributed by atoms with Gasteiger partial charge in [-0.05, 0) is 44.0 Å². The number of ether oxygens (including phenoxy) is 1. The van der Waals surface area contributed by atoms with Crippen molar-refractivity contribution in [1.82, 2.24) is 5.32 Å². The van der Waals surface area contributed by atoms with Crippen molar-refractivity contribution in [2.45, 2.75) is 32.3 Å². The van der Waals surface area contributed by atoms with Crippen molar-refractivity contribution < 1.29 is 9.84 Å². The Labute approximate surface area is 104 Å². The molecule has 1 aromatic rings. The summed E-state index contributed by atoms with van der Waals surface area (Å²) in [6.07, 6.45) is 1.63. The summed E-state index contributed by atoms with van der Waals surface area (Å²) in [5.41, 5.74) is 0.582. The van der Waals surface area contributed by atoms with Gasteiger partial charge in [0.25, 0.3) is 0 Å². The second kappa shape index (κ2) is 6.62. The third-order valence-electron chi connectivity index (χ3n) is 2.87. The van der Waals surface area contributed by atoms with Crippen molar-refractivity contribution in [1.29, 1.82) is 0 Å². The molecule has 17 heavy (non-hydrogen) atoms. The van der Waals surface area contributed by atoms with Gasteiger partial charge in [0, 0.05) is 6.54 Å². The molecule has 3 heteroatoms. The minimum absolute atomic E-state index is 0.639. The lowest BCUT2D eigenvalue weighted by Crippen LogP contribution is -2.38. The Hall–Kier alpha value is -1.06. The molecule has 0 aliphatic rings. The molecule has 0 heterocycles. The van der Waals surface area contributed by atoms with E-state index in [-0.39, 0.29) is 0 Å². The van der Waals surface area contributed by atoms with Gasteiger partial charge in [-0.2, -0.15) is 0 Å². The molecule has 96 valence electrons. The van der Waals surface area contributed by atoms with Gasteiger partial charge in [-0.25, -0.2) is 0 Å². The van der Waals surface area contributed by atoms with E-state index >= 15 is 0 Å². The number of benzene rings is 1.